The van der Waals surface area contributed by atoms with E-state index < -0.39 is 0 Å². The molecule has 0 saturated heterocycles. The summed E-state index contributed by atoms with van der Waals surface area (Å²) in [5, 5.41) is 2.52. The number of hydrogen-bond donors (Lipinski definition) is 0. The van der Waals surface area contributed by atoms with Crippen molar-refractivity contribution in [2.24, 2.45) is 0 Å². The first-order chi connectivity index (χ1) is 32.4. The predicted octanol–water partition coefficient (Wildman–Crippen LogP) is 21.9. The van der Waals surface area contributed by atoms with Crippen molar-refractivity contribution < 1.29 is 4.42 Å². The van der Waals surface area contributed by atoms with Crippen LogP contribution < -0.4 is 0 Å². The summed E-state index contributed by atoms with van der Waals surface area (Å²) >= 11 is 9.58. The number of benzene rings is 2. The number of aromatic nitrogens is 2. The number of furan rings is 1. The van der Waals surface area contributed by atoms with Crippen LogP contribution in [0.25, 0.3) is 50.9 Å². The van der Waals surface area contributed by atoms with E-state index in [2.05, 4.69) is 150 Å². The molecule has 0 spiro atoms. The summed E-state index contributed by atoms with van der Waals surface area (Å²) in [6.45, 7) is 50.6. The van der Waals surface area contributed by atoms with Crippen LogP contribution in [0.1, 0.15) is 141 Å². The van der Waals surface area contributed by atoms with Crippen LogP contribution in [0, 0.1) is 111 Å². The fourth-order valence-corrected chi connectivity index (χ4v) is 13.4. The predicted molar refractivity (Wildman–Crippen MR) is 318 cm³/mol. The molecule has 0 unspecified atom stereocenters. The zero-order valence-corrected chi connectivity index (χ0v) is 50.2. The van der Waals surface area contributed by atoms with Gasteiger partial charge in [0.1, 0.15) is 11.3 Å². The van der Waals surface area contributed by atoms with Crippen LogP contribution in [-0.2, 0) is 0 Å². The van der Waals surface area contributed by atoms with Crippen LogP contribution in [0.15, 0.2) is 65.3 Å². The Balaban J connectivity index is 0.000000281. The van der Waals surface area contributed by atoms with Gasteiger partial charge in [-0.25, -0.2) is 0 Å². The normalized spacial score (nSPS) is 10.1. The second kappa shape index (κ2) is 28.5. The summed E-state index contributed by atoms with van der Waals surface area (Å²) in [6, 6.07) is 16.7. The number of aryl methyl sites for hydroxylation is 16. The van der Waals surface area contributed by atoms with Gasteiger partial charge in [0.2, 0.25) is 0 Å². The number of nitrogens with zero attached hydrogens (tertiary/aromatic N) is 2. The van der Waals surface area contributed by atoms with Crippen molar-refractivity contribution in [2.75, 3.05) is 0 Å². The van der Waals surface area contributed by atoms with Crippen molar-refractivity contribution in [2.45, 2.75) is 166 Å². The zero-order chi connectivity index (χ0) is 51.7. The summed E-state index contributed by atoms with van der Waals surface area (Å²) < 4.78 is 13.0. The van der Waals surface area contributed by atoms with Crippen LogP contribution >= 0.6 is 56.7 Å². The topological polar surface area (TPSA) is 38.9 Å². The molecule has 0 amide bonds. The van der Waals surface area contributed by atoms with E-state index in [9.17, 15) is 0 Å². The van der Waals surface area contributed by atoms with Gasteiger partial charge in [-0.2, -0.15) is 0 Å². The molecule has 68 heavy (non-hydrogen) atoms. The third-order valence-corrected chi connectivity index (χ3v) is 18.6. The lowest BCUT2D eigenvalue weighted by Gasteiger charge is -2.02. The second-order valence-corrected chi connectivity index (χ2v) is 22.0. The van der Waals surface area contributed by atoms with Crippen molar-refractivity contribution in [1.82, 2.24) is 9.97 Å². The molecule has 0 fully saturated rings. The van der Waals surface area contributed by atoms with Gasteiger partial charge in [0.25, 0.3) is 0 Å². The number of pyridine rings is 2. The Bertz CT molecular complexity index is 2630. The van der Waals surface area contributed by atoms with Gasteiger partial charge in [-0.3, -0.25) is 9.97 Å². The molecule has 10 rings (SSSR count). The first-order valence-corrected chi connectivity index (χ1v) is 28.5. The number of fused-ring (bicyclic) bond motifs is 5. The summed E-state index contributed by atoms with van der Waals surface area (Å²) in [5.41, 5.74) is 16.9. The average molecular weight is 1010 g/mol. The minimum Gasteiger partial charge on any atom is -0.460 e. The largest absolute Gasteiger partial charge is 0.460 e. The van der Waals surface area contributed by atoms with Gasteiger partial charge in [-0.05, 0) is 167 Å². The van der Waals surface area contributed by atoms with Gasteiger partial charge >= 0.3 is 0 Å². The van der Waals surface area contributed by atoms with Crippen molar-refractivity contribution in [3.63, 3.8) is 0 Å². The first-order valence-electron chi connectivity index (χ1n) is 24.4. The fraction of sp³-hybridized carbons (Fsp3) is 0.400. The molecule has 10 aromatic rings. The van der Waals surface area contributed by atoms with Gasteiger partial charge < -0.3 is 4.42 Å². The molecule has 0 atom stereocenters. The Kier molecular flexibility index (Phi) is 25.1. The SMILES string of the molecule is CC.CC.CC.CC.Cc1ccc(C)c2ncccc12.Cc1ccc(C)c2ncccc12.Cc1oc2c(C)c(C)sc2c1C.Cc1sc2c(C)c(C)sc2c1C.Cc1sc2c(C)c(C)sc2c1C. The molecule has 0 aliphatic heterocycles. The summed E-state index contributed by atoms with van der Waals surface area (Å²) in [5.74, 6) is 1.05. The van der Waals surface area contributed by atoms with E-state index in [4.69, 9.17) is 4.42 Å². The molecule has 0 N–H and O–H groups in total. The van der Waals surface area contributed by atoms with E-state index in [0.29, 0.717) is 0 Å². The smallest absolute Gasteiger partial charge is 0.148 e. The Hall–Kier alpha value is -4.18. The Morgan fingerprint density at radius 3 is 0.897 bits per heavy atom. The fourth-order valence-electron chi connectivity index (χ4n) is 7.01. The van der Waals surface area contributed by atoms with Gasteiger partial charge in [0, 0.05) is 77.5 Å². The lowest BCUT2D eigenvalue weighted by molar-refractivity contribution is 0.573. The van der Waals surface area contributed by atoms with E-state index in [1.165, 1.54) is 114 Å². The second-order valence-electron chi connectivity index (χ2n) is 15.9. The molecule has 2 aromatic carbocycles. The highest BCUT2D eigenvalue weighted by Crippen LogP contribution is 2.41. The Morgan fingerprint density at radius 1 is 0.324 bits per heavy atom. The standard InChI is InChI=1S/2C11H11N.C10H12OS.2C10H12S2.4C2H6/c2*1-8-5-6-9(2)11-10(8)4-3-7-12-11;1-5-7(3)11-9-6(2)8(4)12-10(5)9;2*1-5-7(3)11-10-6(2)8(4)12-9(5)10;4*1-2/h2*3-7H,1-2H3;3*1-4H3;4*1-2H3. The maximum absolute atomic E-state index is 5.66. The van der Waals surface area contributed by atoms with Crippen LogP contribution in [0.5, 0.6) is 0 Å². The highest BCUT2D eigenvalue weighted by molar-refractivity contribution is 7.29. The third kappa shape index (κ3) is 14.0. The van der Waals surface area contributed by atoms with E-state index in [0.717, 1.165) is 22.4 Å². The van der Waals surface area contributed by atoms with Gasteiger partial charge in [-0.1, -0.05) is 91.8 Å². The molecule has 8 heterocycles. The molecule has 0 saturated carbocycles. The molecule has 3 nitrogen and oxygen atoms in total. The van der Waals surface area contributed by atoms with Gasteiger partial charge in [0.15, 0.2) is 0 Å². The summed E-state index contributed by atoms with van der Waals surface area (Å²) in [7, 11) is 0. The molecular weight excluding hydrogens is 925 g/mol. The quantitative estimate of drug-likeness (QED) is 0.152. The van der Waals surface area contributed by atoms with Crippen molar-refractivity contribution in [3.8, 4) is 0 Å². The van der Waals surface area contributed by atoms with E-state index in [1.54, 1.807) is 0 Å². The number of hydrogen-bond acceptors (Lipinski definition) is 8. The van der Waals surface area contributed by atoms with E-state index in [-0.39, 0.29) is 0 Å². The molecule has 8 aromatic heterocycles. The minimum atomic E-state index is 1.05. The molecule has 0 aliphatic rings. The third-order valence-electron chi connectivity index (χ3n) is 11.7. The monoisotopic (exact) mass is 1010 g/mol. The molecule has 368 valence electrons. The first kappa shape index (κ1) is 59.9. The molecule has 0 aliphatic carbocycles. The maximum atomic E-state index is 5.66. The zero-order valence-electron chi connectivity index (χ0n) is 46.1. The molecule has 0 bridgehead atoms. The van der Waals surface area contributed by atoms with Gasteiger partial charge in [-0.15, -0.1) is 56.7 Å². The minimum absolute atomic E-state index is 1.05. The highest BCUT2D eigenvalue weighted by atomic mass is 32.1. The molecule has 0 radical (unpaired) electrons. The van der Waals surface area contributed by atoms with Crippen LogP contribution in [0.3, 0.4) is 0 Å². The van der Waals surface area contributed by atoms with E-state index >= 15 is 0 Å². The molecular formula is C60H82N2OS5. The van der Waals surface area contributed by atoms with Crippen LogP contribution in [0.2, 0.25) is 0 Å². The van der Waals surface area contributed by atoms with Gasteiger partial charge in [0.05, 0.1) is 15.7 Å². The number of rotatable bonds is 0. The summed E-state index contributed by atoms with van der Waals surface area (Å²) in [4.78, 5) is 15.9. The Labute approximate surface area is 431 Å². The lowest BCUT2D eigenvalue weighted by Crippen LogP contribution is -1.84. The molecule has 8 heteroatoms. The van der Waals surface area contributed by atoms with Crippen molar-refractivity contribution >= 4 is 108 Å². The highest BCUT2D eigenvalue weighted by Gasteiger charge is 2.14. The van der Waals surface area contributed by atoms with Crippen molar-refractivity contribution in [1.29, 1.82) is 0 Å². The summed E-state index contributed by atoms with van der Waals surface area (Å²) in [6.07, 6.45) is 3.68. The lowest BCUT2D eigenvalue weighted by atomic mass is 10.1. The van der Waals surface area contributed by atoms with Crippen molar-refractivity contribution in [3.05, 3.63) is 147 Å². The van der Waals surface area contributed by atoms with Crippen LogP contribution in [-0.4, -0.2) is 9.97 Å². The average Bonchev–Trinajstić information content (AvgIpc) is 4.15. The number of thiophene rings is 5. The van der Waals surface area contributed by atoms with E-state index in [1.807, 2.05) is 144 Å². The Morgan fingerprint density at radius 2 is 0.603 bits per heavy atom. The maximum Gasteiger partial charge on any atom is 0.148 e. The van der Waals surface area contributed by atoms with Crippen LogP contribution in [0.4, 0.5) is 0 Å².